The summed E-state index contributed by atoms with van der Waals surface area (Å²) in [7, 11) is 0. The highest BCUT2D eigenvalue weighted by Crippen LogP contribution is 2.13. The minimum atomic E-state index is 0.776. The Morgan fingerprint density at radius 2 is 2.25 bits per heavy atom. The van der Waals surface area contributed by atoms with Crippen molar-refractivity contribution in [1.29, 1.82) is 0 Å². The summed E-state index contributed by atoms with van der Waals surface area (Å²) in [5.74, 6) is 0.776. The van der Waals surface area contributed by atoms with Gasteiger partial charge in [-0.2, -0.15) is 0 Å². The standard InChI is InChI=1S/C13H20N2O/c1-11-3-2-6-15-13(11)10-14-9-12-4-7-16-8-5-12/h2-3,6,12,14H,4-5,7-10H2,1H3. The Bertz CT molecular complexity index is 321. The monoisotopic (exact) mass is 220 g/mol. The van der Waals surface area contributed by atoms with Crippen molar-refractivity contribution in [3.8, 4) is 0 Å². The van der Waals surface area contributed by atoms with Gasteiger partial charge >= 0.3 is 0 Å². The van der Waals surface area contributed by atoms with Crippen molar-refractivity contribution in [1.82, 2.24) is 10.3 Å². The molecule has 16 heavy (non-hydrogen) atoms. The molecule has 0 atom stereocenters. The van der Waals surface area contributed by atoms with Crippen LogP contribution in [0.2, 0.25) is 0 Å². The summed E-state index contributed by atoms with van der Waals surface area (Å²) >= 11 is 0. The molecule has 3 nitrogen and oxygen atoms in total. The summed E-state index contributed by atoms with van der Waals surface area (Å²) in [5, 5.41) is 3.49. The van der Waals surface area contributed by atoms with E-state index < -0.39 is 0 Å². The Labute approximate surface area is 97.2 Å². The number of rotatable bonds is 4. The van der Waals surface area contributed by atoms with Crippen molar-refractivity contribution in [3.05, 3.63) is 29.6 Å². The summed E-state index contributed by atoms with van der Waals surface area (Å²) in [6, 6.07) is 4.09. The first-order valence-electron chi connectivity index (χ1n) is 6.05. The lowest BCUT2D eigenvalue weighted by Gasteiger charge is -2.22. The Hall–Kier alpha value is -0.930. The average molecular weight is 220 g/mol. The Kier molecular flexibility index (Phi) is 4.31. The molecule has 0 aromatic carbocycles. The Morgan fingerprint density at radius 1 is 1.44 bits per heavy atom. The van der Waals surface area contributed by atoms with Crippen molar-refractivity contribution >= 4 is 0 Å². The minimum absolute atomic E-state index is 0.776. The van der Waals surface area contributed by atoms with Gasteiger partial charge in [0.25, 0.3) is 0 Å². The van der Waals surface area contributed by atoms with Crippen LogP contribution in [0.5, 0.6) is 0 Å². The molecule has 0 radical (unpaired) electrons. The van der Waals surface area contributed by atoms with E-state index in [2.05, 4.69) is 23.3 Å². The molecule has 0 spiro atoms. The molecule has 1 fully saturated rings. The van der Waals surface area contributed by atoms with Crippen LogP contribution in [0.15, 0.2) is 18.3 Å². The third kappa shape index (κ3) is 3.29. The second-order valence-corrected chi connectivity index (χ2v) is 4.45. The molecule has 88 valence electrons. The molecule has 3 heteroatoms. The molecule has 1 aliphatic rings. The summed E-state index contributed by atoms with van der Waals surface area (Å²) in [6.07, 6.45) is 4.24. The first kappa shape index (κ1) is 11.6. The maximum absolute atomic E-state index is 5.34. The zero-order valence-electron chi connectivity index (χ0n) is 9.91. The summed E-state index contributed by atoms with van der Waals surface area (Å²) in [5.41, 5.74) is 2.43. The van der Waals surface area contributed by atoms with Crippen molar-refractivity contribution < 1.29 is 4.74 Å². The van der Waals surface area contributed by atoms with Gasteiger partial charge in [-0.05, 0) is 43.9 Å². The van der Waals surface area contributed by atoms with Gasteiger partial charge < -0.3 is 10.1 Å². The molecule has 0 saturated carbocycles. The largest absolute Gasteiger partial charge is 0.381 e. The van der Waals surface area contributed by atoms with Crippen molar-refractivity contribution in [2.45, 2.75) is 26.3 Å². The zero-order valence-corrected chi connectivity index (χ0v) is 9.91. The smallest absolute Gasteiger partial charge is 0.0570 e. The number of nitrogens with one attached hydrogen (secondary N) is 1. The fourth-order valence-corrected chi connectivity index (χ4v) is 2.05. The van der Waals surface area contributed by atoms with E-state index in [9.17, 15) is 0 Å². The Balaban J connectivity index is 1.73. The molecule has 2 rings (SSSR count). The van der Waals surface area contributed by atoms with Crippen LogP contribution < -0.4 is 5.32 Å². The van der Waals surface area contributed by atoms with Crippen LogP contribution in [0.4, 0.5) is 0 Å². The van der Waals surface area contributed by atoms with E-state index >= 15 is 0 Å². The summed E-state index contributed by atoms with van der Waals surface area (Å²) in [4.78, 5) is 4.37. The van der Waals surface area contributed by atoms with E-state index in [1.807, 2.05) is 12.3 Å². The van der Waals surface area contributed by atoms with Gasteiger partial charge in [0.1, 0.15) is 0 Å². The van der Waals surface area contributed by atoms with Gasteiger partial charge in [0.05, 0.1) is 5.69 Å². The molecule has 1 aromatic rings. The predicted octanol–water partition coefficient (Wildman–Crippen LogP) is 1.91. The van der Waals surface area contributed by atoms with E-state index in [1.165, 1.54) is 18.4 Å². The number of aromatic nitrogens is 1. The molecule has 0 amide bonds. The van der Waals surface area contributed by atoms with E-state index in [4.69, 9.17) is 4.74 Å². The highest BCUT2D eigenvalue weighted by Gasteiger charge is 2.13. The Morgan fingerprint density at radius 3 is 3.00 bits per heavy atom. The number of hydrogen-bond donors (Lipinski definition) is 1. The van der Waals surface area contributed by atoms with E-state index in [-0.39, 0.29) is 0 Å². The van der Waals surface area contributed by atoms with E-state index in [0.717, 1.165) is 37.9 Å². The predicted molar refractivity (Wildman–Crippen MR) is 64.2 cm³/mol. The zero-order chi connectivity index (χ0) is 11.2. The molecular formula is C13H20N2O. The van der Waals surface area contributed by atoms with Crippen LogP contribution in [-0.2, 0) is 11.3 Å². The highest BCUT2D eigenvalue weighted by atomic mass is 16.5. The van der Waals surface area contributed by atoms with Crippen molar-refractivity contribution in [2.75, 3.05) is 19.8 Å². The fraction of sp³-hybridized carbons (Fsp3) is 0.615. The average Bonchev–Trinajstić information content (AvgIpc) is 2.33. The van der Waals surface area contributed by atoms with E-state index in [1.54, 1.807) is 0 Å². The number of hydrogen-bond acceptors (Lipinski definition) is 3. The molecule has 0 bridgehead atoms. The molecule has 1 N–H and O–H groups in total. The summed E-state index contributed by atoms with van der Waals surface area (Å²) < 4.78 is 5.34. The topological polar surface area (TPSA) is 34.2 Å². The number of nitrogens with zero attached hydrogens (tertiary/aromatic N) is 1. The maximum Gasteiger partial charge on any atom is 0.0570 e. The quantitative estimate of drug-likeness (QED) is 0.841. The van der Waals surface area contributed by atoms with Gasteiger partial charge in [0.15, 0.2) is 0 Å². The SMILES string of the molecule is Cc1cccnc1CNCC1CCOCC1. The third-order valence-corrected chi connectivity index (χ3v) is 3.18. The van der Waals surface area contributed by atoms with Crippen LogP contribution in [-0.4, -0.2) is 24.7 Å². The molecule has 2 heterocycles. The van der Waals surface area contributed by atoms with Gasteiger partial charge in [-0.15, -0.1) is 0 Å². The van der Waals surface area contributed by atoms with Crippen LogP contribution >= 0.6 is 0 Å². The first-order valence-corrected chi connectivity index (χ1v) is 6.05. The van der Waals surface area contributed by atoms with Gasteiger partial charge in [-0.25, -0.2) is 0 Å². The molecule has 1 aliphatic heterocycles. The lowest BCUT2D eigenvalue weighted by molar-refractivity contribution is 0.0662. The van der Waals surface area contributed by atoms with Crippen molar-refractivity contribution in [2.24, 2.45) is 5.92 Å². The van der Waals surface area contributed by atoms with Crippen molar-refractivity contribution in [3.63, 3.8) is 0 Å². The molecule has 0 aliphatic carbocycles. The molecule has 0 unspecified atom stereocenters. The normalized spacial score (nSPS) is 17.6. The lowest BCUT2D eigenvalue weighted by Crippen LogP contribution is -2.27. The van der Waals surface area contributed by atoms with E-state index in [0.29, 0.717) is 0 Å². The number of pyridine rings is 1. The first-order chi connectivity index (χ1) is 7.86. The molecular weight excluding hydrogens is 200 g/mol. The minimum Gasteiger partial charge on any atom is -0.381 e. The van der Waals surface area contributed by atoms with Gasteiger partial charge in [0, 0.05) is 26.0 Å². The van der Waals surface area contributed by atoms with Crippen LogP contribution in [0.1, 0.15) is 24.1 Å². The lowest BCUT2D eigenvalue weighted by atomic mass is 10.0. The number of aryl methyl sites for hydroxylation is 1. The fourth-order valence-electron chi connectivity index (χ4n) is 2.05. The second kappa shape index (κ2) is 5.97. The van der Waals surface area contributed by atoms with Gasteiger partial charge in [0.2, 0.25) is 0 Å². The molecule has 1 aromatic heterocycles. The maximum atomic E-state index is 5.34. The van der Waals surface area contributed by atoms with Crippen LogP contribution in [0, 0.1) is 12.8 Å². The second-order valence-electron chi connectivity index (χ2n) is 4.45. The van der Waals surface area contributed by atoms with Crippen LogP contribution in [0.3, 0.4) is 0 Å². The number of ether oxygens (including phenoxy) is 1. The molecule has 1 saturated heterocycles. The third-order valence-electron chi connectivity index (χ3n) is 3.18. The van der Waals surface area contributed by atoms with Gasteiger partial charge in [-0.1, -0.05) is 6.07 Å². The van der Waals surface area contributed by atoms with Crippen LogP contribution in [0.25, 0.3) is 0 Å². The summed E-state index contributed by atoms with van der Waals surface area (Å²) in [6.45, 7) is 5.92. The van der Waals surface area contributed by atoms with Gasteiger partial charge in [-0.3, -0.25) is 4.98 Å². The highest BCUT2D eigenvalue weighted by molar-refractivity contribution is 5.17.